The lowest BCUT2D eigenvalue weighted by Crippen LogP contribution is -2.45. The fourth-order valence-electron chi connectivity index (χ4n) is 5.38. The van der Waals surface area contributed by atoms with Gasteiger partial charge < -0.3 is 19.3 Å². The number of hydrogen-bond acceptors (Lipinski definition) is 6. The van der Waals surface area contributed by atoms with Gasteiger partial charge in [0.05, 0.1) is 25.4 Å². The van der Waals surface area contributed by atoms with Crippen molar-refractivity contribution < 1.29 is 19.3 Å². The van der Waals surface area contributed by atoms with Gasteiger partial charge in [-0.1, -0.05) is 27.6 Å². The number of thiophene rings is 1. The highest BCUT2D eigenvalue weighted by atomic mass is 79.9. The first-order valence-electron chi connectivity index (χ1n) is 10.4. The number of aliphatic hydroxyl groups is 1. The lowest BCUT2D eigenvalue weighted by atomic mass is 9.81. The molecule has 1 aromatic heterocycles. The predicted octanol–water partition coefficient (Wildman–Crippen LogP) is 4.92. The predicted molar refractivity (Wildman–Crippen MR) is 116 cm³/mol. The van der Waals surface area contributed by atoms with Crippen molar-refractivity contribution in [2.75, 3.05) is 27.0 Å². The highest BCUT2D eigenvalue weighted by Crippen LogP contribution is 2.46. The van der Waals surface area contributed by atoms with Crippen LogP contribution in [0.4, 0.5) is 0 Å². The Kier molecular flexibility index (Phi) is 5.77. The molecule has 5 nitrogen and oxygen atoms in total. The van der Waals surface area contributed by atoms with Gasteiger partial charge in [0.1, 0.15) is 18.3 Å². The van der Waals surface area contributed by atoms with Gasteiger partial charge in [0, 0.05) is 35.6 Å². The van der Waals surface area contributed by atoms with Crippen LogP contribution in [0, 0.1) is 5.92 Å². The lowest BCUT2D eigenvalue weighted by molar-refractivity contribution is 0.0376. The van der Waals surface area contributed by atoms with E-state index in [1.54, 1.807) is 7.11 Å². The van der Waals surface area contributed by atoms with Gasteiger partial charge in [0.15, 0.2) is 0 Å². The molecule has 0 bridgehead atoms. The summed E-state index contributed by atoms with van der Waals surface area (Å²) in [6.07, 6.45) is 4.92. The van der Waals surface area contributed by atoms with Crippen LogP contribution < -0.4 is 0 Å². The number of rotatable bonds is 4. The molecule has 2 aliphatic heterocycles. The van der Waals surface area contributed by atoms with E-state index in [1.165, 1.54) is 16.0 Å². The summed E-state index contributed by atoms with van der Waals surface area (Å²) in [5, 5.41) is 12.7. The molecule has 4 aliphatic rings. The standard InChI is InChI=1S/C22H28BrNO4S/c1-26-18-7-13-4-5-24(11-14-8-19-20(10-16(14)23)28-12-27-19)22(15(13)9-17(18)25)21-3-2-6-29-21/h2-3,6,14,16,19-20,22,25H,4-5,7-12H2,1H3. The zero-order valence-corrected chi connectivity index (χ0v) is 19.1. The number of hydrogen-bond donors (Lipinski definition) is 1. The highest BCUT2D eigenvalue weighted by Gasteiger charge is 2.43. The van der Waals surface area contributed by atoms with Gasteiger partial charge >= 0.3 is 0 Å². The van der Waals surface area contributed by atoms with Crippen molar-refractivity contribution in [2.24, 2.45) is 5.92 Å². The zero-order valence-electron chi connectivity index (χ0n) is 16.7. The lowest BCUT2D eigenvalue weighted by Gasteiger charge is -2.44. The van der Waals surface area contributed by atoms with Crippen LogP contribution in [0.3, 0.4) is 0 Å². The molecule has 29 heavy (non-hydrogen) atoms. The minimum atomic E-state index is 0.236. The van der Waals surface area contributed by atoms with E-state index in [0.29, 0.717) is 29.7 Å². The molecule has 1 N–H and O–H groups in total. The third kappa shape index (κ3) is 3.81. The SMILES string of the molecule is COC1=C(O)CC2=C(CCN(CC3CC4OCOC4CC3Br)C2c2cccs2)C1. The topological polar surface area (TPSA) is 51.2 Å². The molecular weight excluding hydrogens is 454 g/mol. The van der Waals surface area contributed by atoms with E-state index in [4.69, 9.17) is 14.2 Å². The van der Waals surface area contributed by atoms with E-state index >= 15 is 0 Å². The molecule has 0 radical (unpaired) electrons. The van der Waals surface area contributed by atoms with Crippen LogP contribution in [0.2, 0.25) is 0 Å². The molecular formula is C22H28BrNO4S. The molecule has 2 aliphatic carbocycles. The number of ether oxygens (including phenoxy) is 3. The van der Waals surface area contributed by atoms with Gasteiger partial charge in [-0.15, -0.1) is 11.3 Å². The zero-order chi connectivity index (χ0) is 20.0. The molecule has 1 saturated carbocycles. The second-order valence-electron chi connectivity index (χ2n) is 8.49. The van der Waals surface area contributed by atoms with Crippen LogP contribution >= 0.6 is 27.3 Å². The summed E-state index contributed by atoms with van der Waals surface area (Å²) >= 11 is 5.76. The molecule has 0 amide bonds. The maximum Gasteiger partial charge on any atom is 0.147 e. The van der Waals surface area contributed by atoms with E-state index in [0.717, 1.165) is 44.5 Å². The number of halogens is 1. The minimum Gasteiger partial charge on any atom is -0.508 e. The van der Waals surface area contributed by atoms with Crippen molar-refractivity contribution in [3.63, 3.8) is 0 Å². The van der Waals surface area contributed by atoms with Crippen molar-refractivity contribution in [2.45, 2.75) is 55.2 Å². The van der Waals surface area contributed by atoms with Gasteiger partial charge in [0.25, 0.3) is 0 Å². The second-order valence-corrected chi connectivity index (χ2v) is 10.7. The largest absolute Gasteiger partial charge is 0.508 e. The van der Waals surface area contributed by atoms with Gasteiger partial charge in [-0.3, -0.25) is 4.90 Å². The quantitative estimate of drug-likeness (QED) is 0.488. The Morgan fingerprint density at radius 3 is 2.86 bits per heavy atom. The molecule has 158 valence electrons. The average molecular weight is 482 g/mol. The highest BCUT2D eigenvalue weighted by molar-refractivity contribution is 9.09. The van der Waals surface area contributed by atoms with Gasteiger partial charge in [-0.25, -0.2) is 0 Å². The molecule has 2 fully saturated rings. The molecule has 0 spiro atoms. The van der Waals surface area contributed by atoms with E-state index in [2.05, 4.69) is 38.3 Å². The molecule has 1 saturated heterocycles. The molecule has 5 atom stereocenters. The van der Waals surface area contributed by atoms with Crippen molar-refractivity contribution >= 4 is 27.3 Å². The Hall–Kier alpha value is -0.860. The Labute approximate surface area is 184 Å². The van der Waals surface area contributed by atoms with Gasteiger partial charge in [-0.2, -0.15) is 0 Å². The Morgan fingerprint density at radius 1 is 1.28 bits per heavy atom. The molecule has 5 unspecified atom stereocenters. The molecule has 3 heterocycles. The Balaban J connectivity index is 1.39. The van der Waals surface area contributed by atoms with Gasteiger partial charge in [0.2, 0.25) is 0 Å². The third-order valence-corrected chi connectivity index (χ3v) is 8.96. The molecule has 7 heteroatoms. The summed E-state index contributed by atoms with van der Waals surface area (Å²) in [5.41, 5.74) is 2.82. The van der Waals surface area contributed by atoms with Crippen LogP contribution in [0.15, 0.2) is 40.2 Å². The van der Waals surface area contributed by atoms with Crippen molar-refractivity contribution in [1.29, 1.82) is 0 Å². The number of allylic oxidation sites excluding steroid dienone is 2. The first-order valence-corrected chi connectivity index (χ1v) is 12.2. The second kappa shape index (κ2) is 8.35. The summed E-state index contributed by atoms with van der Waals surface area (Å²) in [5.74, 6) is 1.66. The van der Waals surface area contributed by atoms with Crippen LogP contribution in [0.25, 0.3) is 0 Å². The molecule has 1 aromatic rings. The first-order chi connectivity index (χ1) is 14.1. The van der Waals surface area contributed by atoms with Crippen molar-refractivity contribution in [3.8, 4) is 0 Å². The summed E-state index contributed by atoms with van der Waals surface area (Å²) in [6.45, 7) is 2.51. The number of nitrogens with zero attached hydrogens (tertiary/aromatic N) is 1. The van der Waals surface area contributed by atoms with Gasteiger partial charge in [-0.05, 0) is 42.2 Å². The fraction of sp³-hybridized carbons (Fsp3) is 0.636. The summed E-state index contributed by atoms with van der Waals surface area (Å²) in [7, 11) is 1.66. The van der Waals surface area contributed by atoms with E-state index in [1.807, 2.05) is 11.3 Å². The number of methoxy groups -OCH3 is 1. The fourth-order valence-corrected chi connectivity index (χ4v) is 7.03. The Bertz CT molecular complexity index is 808. The van der Waals surface area contributed by atoms with E-state index in [9.17, 15) is 5.11 Å². The minimum absolute atomic E-state index is 0.236. The summed E-state index contributed by atoms with van der Waals surface area (Å²) in [4.78, 5) is 4.45. The number of fused-ring (bicyclic) bond motifs is 1. The van der Waals surface area contributed by atoms with Crippen molar-refractivity contribution in [1.82, 2.24) is 4.90 Å². The number of alkyl halides is 1. The third-order valence-electron chi connectivity index (χ3n) is 6.91. The Morgan fingerprint density at radius 2 is 2.10 bits per heavy atom. The van der Waals surface area contributed by atoms with Crippen molar-refractivity contribution in [3.05, 3.63) is 45.1 Å². The maximum atomic E-state index is 10.5. The molecule has 0 aromatic carbocycles. The first kappa shape index (κ1) is 20.1. The maximum absolute atomic E-state index is 10.5. The van der Waals surface area contributed by atoms with E-state index < -0.39 is 0 Å². The van der Waals surface area contributed by atoms with E-state index in [-0.39, 0.29) is 18.2 Å². The smallest absolute Gasteiger partial charge is 0.147 e. The van der Waals surface area contributed by atoms with Crippen LogP contribution in [-0.2, 0) is 14.2 Å². The van der Waals surface area contributed by atoms with Crippen LogP contribution in [-0.4, -0.2) is 54.0 Å². The molecule has 5 rings (SSSR count). The average Bonchev–Trinajstić information content (AvgIpc) is 3.39. The normalized spacial score (nSPS) is 35.6. The summed E-state index contributed by atoms with van der Waals surface area (Å²) < 4.78 is 17.0. The summed E-state index contributed by atoms with van der Waals surface area (Å²) in [6, 6.07) is 4.62. The van der Waals surface area contributed by atoms with Crippen LogP contribution in [0.5, 0.6) is 0 Å². The number of aliphatic hydroxyl groups excluding tert-OH is 1. The monoisotopic (exact) mass is 481 g/mol. The van der Waals surface area contributed by atoms with Crippen LogP contribution in [0.1, 0.15) is 43.0 Å².